The highest BCUT2D eigenvalue weighted by Gasteiger charge is 2.30. The molecule has 3 aromatic carbocycles. The highest BCUT2D eigenvalue weighted by atomic mass is 19.1. The lowest BCUT2D eigenvalue weighted by molar-refractivity contribution is 0.103. The summed E-state index contributed by atoms with van der Waals surface area (Å²) < 4.78 is 32.8. The Labute approximate surface area is 202 Å². The van der Waals surface area contributed by atoms with Gasteiger partial charge in [-0.25, -0.2) is 8.78 Å². The number of anilines is 1. The number of rotatable bonds is 6. The second kappa shape index (κ2) is 9.80. The standard InChI is InChI=1S/C28H25F2N3O2/c1-19-25(27(34)22-5-3-2-4-6-22)31-35-28(19)33-17-15-32(16-18-33)26(20-7-11-23(29)12-8-20)21-9-13-24(30)14-10-21/h2-14,26H,15-18H2,1H3. The molecule has 1 aromatic heterocycles. The Morgan fingerprint density at radius 2 is 1.37 bits per heavy atom. The summed E-state index contributed by atoms with van der Waals surface area (Å²) in [5.74, 6) is -0.149. The predicted molar refractivity (Wildman–Crippen MR) is 130 cm³/mol. The van der Waals surface area contributed by atoms with Gasteiger partial charge >= 0.3 is 0 Å². The minimum absolute atomic E-state index is 0.135. The summed E-state index contributed by atoms with van der Waals surface area (Å²) in [4.78, 5) is 17.2. The molecular weight excluding hydrogens is 448 g/mol. The van der Waals surface area contributed by atoms with Crippen molar-refractivity contribution in [2.24, 2.45) is 0 Å². The molecule has 1 aliphatic heterocycles. The minimum Gasteiger partial charge on any atom is -0.338 e. The van der Waals surface area contributed by atoms with Crippen LogP contribution in [-0.4, -0.2) is 42.0 Å². The molecular formula is C28H25F2N3O2. The van der Waals surface area contributed by atoms with Gasteiger partial charge in [0.25, 0.3) is 0 Å². The normalized spacial score (nSPS) is 14.5. The highest BCUT2D eigenvalue weighted by molar-refractivity contribution is 6.09. The number of carbonyl (C=O) groups excluding carboxylic acids is 1. The van der Waals surface area contributed by atoms with E-state index in [2.05, 4.69) is 15.0 Å². The van der Waals surface area contributed by atoms with E-state index in [9.17, 15) is 13.6 Å². The average Bonchev–Trinajstić information content (AvgIpc) is 3.28. The van der Waals surface area contributed by atoms with Crippen LogP contribution in [0.2, 0.25) is 0 Å². The van der Waals surface area contributed by atoms with Crippen molar-refractivity contribution in [2.75, 3.05) is 31.1 Å². The molecule has 5 nitrogen and oxygen atoms in total. The number of hydrogen-bond donors (Lipinski definition) is 0. The molecule has 0 unspecified atom stereocenters. The monoisotopic (exact) mass is 473 g/mol. The van der Waals surface area contributed by atoms with E-state index in [1.165, 1.54) is 24.3 Å². The number of halogens is 2. The molecule has 5 rings (SSSR count). The first-order valence-corrected chi connectivity index (χ1v) is 11.6. The van der Waals surface area contributed by atoms with Crippen molar-refractivity contribution in [3.63, 3.8) is 0 Å². The van der Waals surface area contributed by atoms with Crippen molar-refractivity contribution < 1.29 is 18.1 Å². The third-order valence-electron chi connectivity index (χ3n) is 6.49. The Balaban J connectivity index is 1.35. The van der Waals surface area contributed by atoms with Crippen molar-refractivity contribution in [3.8, 4) is 0 Å². The predicted octanol–water partition coefficient (Wildman–Crippen LogP) is 5.40. The van der Waals surface area contributed by atoms with E-state index in [0.717, 1.165) is 16.7 Å². The maximum atomic E-state index is 13.6. The van der Waals surface area contributed by atoms with Crippen LogP contribution in [0.25, 0.3) is 0 Å². The summed E-state index contributed by atoms with van der Waals surface area (Å²) in [6, 6.07) is 21.8. The Morgan fingerprint density at radius 1 is 0.829 bits per heavy atom. The van der Waals surface area contributed by atoms with E-state index in [-0.39, 0.29) is 23.5 Å². The van der Waals surface area contributed by atoms with Gasteiger partial charge in [-0.15, -0.1) is 0 Å². The van der Waals surface area contributed by atoms with Crippen molar-refractivity contribution >= 4 is 11.7 Å². The van der Waals surface area contributed by atoms with Gasteiger partial charge in [-0.3, -0.25) is 9.69 Å². The fraction of sp³-hybridized carbons (Fsp3) is 0.214. The quantitative estimate of drug-likeness (QED) is 0.351. The highest BCUT2D eigenvalue weighted by Crippen LogP contribution is 2.32. The lowest BCUT2D eigenvalue weighted by Crippen LogP contribution is -2.48. The molecule has 0 atom stereocenters. The lowest BCUT2D eigenvalue weighted by atomic mass is 9.96. The summed E-state index contributed by atoms with van der Waals surface area (Å²) >= 11 is 0. The summed E-state index contributed by atoms with van der Waals surface area (Å²) in [7, 11) is 0. The van der Waals surface area contributed by atoms with E-state index in [0.29, 0.717) is 43.3 Å². The first-order chi connectivity index (χ1) is 17.0. The lowest BCUT2D eigenvalue weighted by Gasteiger charge is -2.39. The van der Waals surface area contributed by atoms with Gasteiger partial charge in [0.05, 0.1) is 6.04 Å². The van der Waals surface area contributed by atoms with Crippen molar-refractivity contribution in [3.05, 3.63) is 118 Å². The van der Waals surface area contributed by atoms with Crippen LogP contribution >= 0.6 is 0 Å². The van der Waals surface area contributed by atoms with Crippen LogP contribution in [0, 0.1) is 18.6 Å². The number of carbonyl (C=O) groups is 1. The summed E-state index contributed by atoms with van der Waals surface area (Å²) in [5, 5.41) is 4.08. The third-order valence-corrected chi connectivity index (χ3v) is 6.49. The number of benzene rings is 3. The molecule has 178 valence electrons. The molecule has 1 aliphatic rings. The van der Waals surface area contributed by atoms with Crippen LogP contribution in [0.1, 0.15) is 38.8 Å². The first-order valence-electron chi connectivity index (χ1n) is 11.6. The topological polar surface area (TPSA) is 49.6 Å². The van der Waals surface area contributed by atoms with Crippen LogP contribution in [0.15, 0.2) is 83.4 Å². The van der Waals surface area contributed by atoms with Gasteiger partial charge in [-0.05, 0) is 42.3 Å². The minimum atomic E-state index is -0.293. The Bertz CT molecular complexity index is 1250. The molecule has 1 saturated heterocycles. The molecule has 0 amide bonds. The van der Waals surface area contributed by atoms with Crippen molar-refractivity contribution in [2.45, 2.75) is 13.0 Å². The summed E-state index contributed by atoms with van der Waals surface area (Å²) in [5.41, 5.74) is 3.50. The number of nitrogens with zero attached hydrogens (tertiary/aromatic N) is 3. The summed E-state index contributed by atoms with van der Waals surface area (Å²) in [6.07, 6.45) is 0. The smallest absolute Gasteiger partial charge is 0.231 e. The van der Waals surface area contributed by atoms with E-state index >= 15 is 0 Å². The number of aromatic nitrogens is 1. The van der Waals surface area contributed by atoms with Gasteiger partial charge in [0.15, 0.2) is 5.69 Å². The first kappa shape index (κ1) is 22.9. The Kier molecular flexibility index (Phi) is 6.42. The maximum Gasteiger partial charge on any atom is 0.231 e. The average molecular weight is 474 g/mol. The van der Waals surface area contributed by atoms with Crippen molar-refractivity contribution in [1.82, 2.24) is 10.1 Å². The number of ketones is 1. The van der Waals surface area contributed by atoms with Gasteiger partial charge in [0.1, 0.15) is 11.6 Å². The Hall–Kier alpha value is -3.84. The Morgan fingerprint density at radius 3 is 1.91 bits per heavy atom. The second-order valence-electron chi connectivity index (χ2n) is 8.69. The van der Waals surface area contributed by atoms with Gasteiger partial charge in [0.2, 0.25) is 11.7 Å². The fourth-order valence-electron chi connectivity index (χ4n) is 4.65. The van der Waals surface area contributed by atoms with Crippen LogP contribution in [0.3, 0.4) is 0 Å². The fourth-order valence-corrected chi connectivity index (χ4v) is 4.65. The van der Waals surface area contributed by atoms with Crippen LogP contribution < -0.4 is 4.90 Å². The number of hydrogen-bond acceptors (Lipinski definition) is 5. The third kappa shape index (κ3) is 4.72. The molecule has 0 N–H and O–H groups in total. The van der Waals surface area contributed by atoms with E-state index in [1.54, 1.807) is 36.4 Å². The summed E-state index contributed by atoms with van der Waals surface area (Å²) in [6.45, 7) is 4.57. The van der Waals surface area contributed by atoms with Gasteiger partial charge in [0, 0.05) is 37.3 Å². The molecule has 4 aromatic rings. The van der Waals surface area contributed by atoms with Crippen LogP contribution in [0.4, 0.5) is 14.7 Å². The molecule has 0 bridgehead atoms. The largest absolute Gasteiger partial charge is 0.338 e. The zero-order valence-electron chi connectivity index (χ0n) is 19.3. The molecule has 7 heteroatoms. The van der Waals surface area contributed by atoms with Gasteiger partial charge in [-0.1, -0.05) is 59.8 Å². The van der Waals surface area contributed by atoms with E-state index in [1.807, 2.05) is 25.1 Å². The van der Waals surface area contributed by atoms with Crippen molar-refractivity contribution in [1.29, 1.82) is 0 Å². The number of piperazine rings is 1. The molecule has 1 fully saturated rings. The zero-order valence-corrected chi connectivity index (χ0v) is 19.3. The molecule has 2 heterocycles. The SMILES string of the molecule is Cc1c(C(=O)c2ccccc2)noc1N1CCN(C(c2ccc(F)cc2)c2ccc(F)cc2)CC1. The zero-order chi connectivity index (χ0) is 24.4. The molecule has 0 aliphatic carbocycles. The van der Waals surface area contributed by atoms with Crippen LogP contribution in [0.5, 0.6) is 0 Å². The second-order valence-corrected chi connectivity index (χ2v) is 8.69. The molecule has 35 heavy (non-hydrogen) atoms. The molecule has 0 radical (unpaired) electrons. The molecule has 0 saturated carbocycles. The molecule has 0 spiro atoms. The van der Waals surface area contributed by atoms with E-state index in [4.69, 9.17) is 4.52 Å². The maximum absolute atomic E-state index is 13.6. The van der Waals surface area contributed by atoms with E-state index < -0.39 is 0 Å². The van der Waals surface area contributed by atoms with Gasteiger partial charge < -0.3 is 9.42 Å². The van der Waals surface area contributed by atoms with Gasteiger partial charge in [-0.2, -0.15) is 0 Å². The van der Waals surface area contributed by atoms with Crippen LogP contribution in [-0.2, 0) is 0 Å².